The Hall–Kier alpha value is -1.57. The number of hydrogen-bond donors (Lipinski definition) is 0. The summed E-state index contributed by atoms with van der Waals surface area (Å²) in [4.78, 5) is 4.74. The van der Waals surface area contributed by atoms with Crippen LogP contribution in [-0.4, -0.2) is 12.8 Å². The number of hydrogen-bond acceptors (Lipinski definition) is 2. The third-order valence-corrected chi connectivity index (χ3v) is 2.53. The van der Waals surface area contributed by atoms with Crippen molar-refractivity contribution in [3.8, 4) is 0 Å². The summed E-state index contributed by atoms with van der Waals surface area (Å²) in [6.45, 7) is 4.01. The van der Waals surface area contributed by atoms with Crippen molar-refractivity contribution in [1.29, 1.82) is 0 Å². The predicted octanol–water partition coefficient (Wildman–Crippen LogP) is 3.59. The molecule has 0 radical (unpaired) electrons. The van der Waals surface area contributed by atoms with Crippen LogP contribution in [0.25, 0.3) is 0 Å². The van der Waals surface area contributed by atoms with Gasteiger partial charge in [0.25, 0.3) is 0 Å². The zero-order valence-electron chi connectivity index (χ0n) is 10.2. The molecule has 0 fully saturated rings. The fourth-order valence-electron chi connectivity index (χ4n) is 1.46. The Balaban J connectivity index is 2.45. The third kappa shape index (κ3) is 4.30. The summed E-state index contributed by atoms with van der Waals surface area (Å²) < 4.78 is 0. The van der Waals surface area contributed by atoms with E-state index < -0.39 is 0 Å². The zero-order chi connectivity index (χ0) is 11.8. The molecule has 0 aliphatic heterocycles. The lowest BCUT2D eigenvalue weighted by Crippen LogP contribution is -1.94. The summed E-state index contributed by atoms with van der Waals surface area (Å²) in [5, 5.41) is 3.90. The first-order chi connectivity index (χ1) is 7.74. The van der Waals surface area contributed by atoms with E-state index in [0.717, 1.165) is 18.6 Å². The Labute approximate surface area is 97.6 Å². The monoisotopic (exact) mass is 217 g/mol. The molecule has 16 heavy (non-hydrogen) atoms. The average molecular weight is 217 g/mol. The molecule has 0 saturated carbocycles. The Morgan fingerprint density at radius 2 is 1.94 bits per heavy atom. The average Bonchev–Trinajstić information content (AvgIpc) is 2.30. The van der Waals surface area contributed by atoms with Crippen molar-refractivity contribution in [2.24, 2.45) is 5.16 Å². The molecule has 0 aliphatic carbocycles. The molecule has 86 valence electrons. The maximum atomic E-state index is 4.74. The number of aryl methyl sites for hydroxylation is 1. The lowest BCUT2D eigenvalue weighted by atomic mass is 10.1. The normalized spacial score (nSPS) is 12.7. The van der Waals surface area contributed by atoms with E-state index in [9.17, 15) is 0 Å². The van der Waals surface area contributed by atoms with Crippen molar-refractivity contribution in [3.63, 3.8) is 0 Å². The van der Waals surface area contributed by atoms with E-state index in [0.29, 0.717) is 0 Å². The van der Waals surface area contributed by atoms with Gasteiger partial charge in [-0.1, -0.05) is 41.6 Å². The molecule has 2 heteroatoms. The van der Waals surface area contributed by atoms with Crippen molar-refractivity contribution in [3.05, 3.63) is 47.5 Å². The molecule has 0 N–H and O–H groups in total. The van der Waals surface area contributed by atoms with Crippen LogP contribution in [0.5, 0.6) is 0 Å². The minimum Gasteiger partial charge on any atom is -0.399 e. The van der Waals surface area contributed by atoms with Gasteiger partial charge in [-0.25, -0.2) is 0 Å². The second-order valence-electron chi connectivity index (χ2n) is 3.77. The van der Waals surface area contributed by atoms with Gasteiger partial charge in [0, 0.05) is 0 Å². The van der Waals surface area contributed by atoms with Gasteiger partial charge in [-0.2, -0.15) is 0 Å². The fraction of sp³-hybridized carbons (Fsp3) is 0.357. The molecule has 0 spiro atoms. The van der Waals surface area contributed by atoms with Gasteiger partial charge < -0.3 is 4.84 Å². The van der Waals surface area contributed by atoms with Crippen LogP contribution in [0.3, 0.4) is 0 Å². The summed E-state index contributed by atoms with van der Waals surface area (Å²) in [7, 11) is 1.57. The van der Waals surface area contributed by atoms with Crippen molar-refractivity contribution in [2.75, 3.05) is 7.11 Å². The van der Waals surface area contributed by atoms with E-state index in [1.165, 1.54) is 11.1 Å². The standard InChI is InChI=1S/C14H19NO/c1-12(13(2)15-16-3)8-7-11-14-9-5-4-6-10-14/h4-6,8-10H,7,11H2,1-3H3. The molecule has 0 heterocycles. The zero-order valence-corrected chi connectivity index (χ0v) is 10.2. The van der Waals surface area contributed by atoms with E-state index in [1.807, 2.05) is 13.0 Å². The second-order valence-corrected chi connectivity index (χ2v) is 3.77. The number of allylic oxidation sites excluding steroid dienone is 2. The summed E-state index contributed by atoms with van der Waals surface area (Å²) in [6, 6.07) is 10.5. The minimum atomic E-state index is 0.940. The van der Waals surface area contributed by atoms with E-state index in [2.05, 4.69) is 42.4 Å². The second kappa shape index (κ2) is 6.83. The first-order valence-electron chi connectivity index (χ1n) is 5.53. The van der Waals surface area contributed by atoms with E-state index in [-0.39, 0.29) is 0 Å². The van der Waals surface area contributed by atoms with Gasteiger partial charge in [-0.15, -0.1) is 0 Å². The van der Waals surface area contributed by atoms with Crippen LogP contribution in [0, 0.1) is 0 Å². The molecule has 0 aliphatic rings. The maximum Gasteiger partial charge on any atom is 0.106 e. The van der Waals surface area contributed by atoms with Crippen LogP contribution < -0.4 is 0 Å². The van der Waals surface area contributed by atoms with Gasteiger partial charge >= 0.3 is 0 Å². The Bertz CT molecular complexity index is 366. The van der Waals surface area contributed by atoms with Crippen molar-refractivity contribution < 1.29 is 4.84 Å². The van der Waals surface area contributed by atoms with Gasteiger partial charge in [-0.3, -0.25) is 0 Å². The smallest absolute Gasteiger partial charge is 0.106 e. The van der Waals surface area contributed by atoms with Crippen LogP contribution in [0.1, 0.15) is 25.8 Å². The predicted molar refractivity (Wildman–Crippen MR) is 68.6 cm³/mol. The topological polar surface area (TPSA) is 21.6 Å². The summed E-state index contributed by atoms with van der Waals surface area (Å²) in [5.41, 5.74) is 3.49. The van der Waals surface area contributed by atoms with Crippen LogP contribution in [-0.2, 0) is 11.3 Å². The fourth-order valence-corrected chi connectivity index (χ4v) is 1.46. The lowest BCUT2D eigenvalue weighted by Gasteiger charge is -2.00. The minimum absolute atomic E-state index is 0.940. The first-order valence-corrected chi connectivity index (χ1v) is 5.53. The molecule has 0 saturated heterocycles. The van der Waals surface area contributed by atoms with E-state index >= 15 is 0 Å². The molecule has 0 unspecified atom stereocenters. The number of rotatable bonds is 5. The van der Waals surface area contributed by atoms with Gasteiger partial charge in [0.15, 0.2) is 0 Å². The molecular weight excluding hydrogens is 198 g/mol. The van der Waals surface area contributed by atoms with Gasteiger partial charge in [0.05, 0.1) is 5.71 Å². The molecule has 0 aromatic heterocycles. The maximum absolute atomic E-state index is 4.74. The molecule has 0 bridgehead atoms. The highest BCUT2D eigenvalue weighted by Crippen LogP contribution is 2.06. The molecule has 0 amide bonds. The Kier molecular flexibility index (Phi) is 5.34. The number of oxime groups is 1. The summed E-state index contributed by atoms with van der Waals surface area (Å²) >= 11 is 0. The highest BCUT2D eigenvalue weighted by Gasteiger charge is 1.95. The molecule has 1 aromatic rings. The van der Waals surface area contributed by atoms with Crippen LogP contribution in [0.4, 0.5) is 0 Å². The first kappa shape index (κ1) is 12.5. The largest absolute Gasteiger partial charge is 0.399 e. The van der Waals surface area contributed by atoms with Crippen LogP contribution >= 0.6 is 0 Å². The van der Waals surface area contributed by atoms with E-state index in [1.54, 1.807) is 7.11 Å². The quantitative estimate of drug-likeness (QED) is 0.545. The van der Waals surface area contributed by atoms with Gasteiger partial charge in [-0.05, 0) is 37.8 Å². The molecule has 0 atom stereocenters. The summed E-state index contributed by atoms with van der Waals surface area (Å²) in [6.07, 6.45) is 4.30. The number of nitrogens with zero attached hydrogens (tertiary/aromatic N) is 1. The molecule has 2 nitrogen and oxygen atoms in total. The van der Waals surface area contributed by atoms with Crippen LogP contribution in [0.2, 0.25) is 0 Å². The summed E-state index contributed by atoms with van der Waals surface area (Å²) in [5.74, 6) is 0. The lowest BCUT2D eigenvalue weighted by molar-refractivity contribution is 0.213. The SMILES string of the molecule is CON=C(C)C(C)=CCCc1ccccc1. The van der Waals surface area contributed by atoms with Gasteiger partial charge in [0.1, 0.15) is 7.11 Å². The van der Waals surface area contributed by atoms with E-state index in [4.69, 9.17) is 4.84 Å². The molecular formula is C14H19NO. The highest BCUT2D eigenvalue weighted by molar-refractivity contribution is 5.97. The van der Waals surface area contributed by atoms with Crippen molar-refractivity contribution in [2.45, 2.75) is 26.7 Å². The highest BCUT2D eigenvalue weighted by atomic mass is 16.6. The molecule has 1 rings (SSSR count). The Morgan fingerprint density at radius 1 is 1.25 bits per heavy atom. The van der Waals surface area contributed by atoms with Crippen LogP contribution in [0.15, 0.2) is 47.1 Å². The van der Waals surface area contributed by atoms with Gasteiger partial charge in [0.2, 0.25) is 0 Å². The molecule has 1 aromatic carbocycles. The van der Waals surface area contributed by atoms with Crippen molar-refractivity contribution >= 4 is 5.71 Å². The third-order valence-electron chi connectivity index (χ3n) is 2.53. The van der Waals surface area contributed by atoms with Crippen molar-refractivity contribution in [1.82, 2.24) is 0 Å². The number of benzene rings is 1. The Morgan fingerprint density at radius 3 is 2.56 bits per heavy atom.